The van der Waals surface area contributed by atoms with Gasteiger partial charge >= 0.3 is 0 Å². The summed E-state index contributed by atoms with van der Waals surface area (Å²) in [6.45, 7) is 0. The smallest absolute Gasteiger partial charge is 0.205 e. The molecule has 0 saturated heterocycles. The van der Waals surface area contributed by atoms with Crippen molar-refractivity contribution in [3.63, 3.8) is 0 Å². The lowest BCUT2D eigenvalue weighted by Crippen LogP contribution is -2.21. The summed E-state index contributed by atoms with van der Waals surface area (Å²) in [5, 5.41) is 37.2. The Bertz CT molecular complexity index is 2220. The van der Waals surface area contributed by atoms with Gasteiger partial charge in [-0.2, -0.15) is 21.0 Å². The molecule has 0 aromatic heterocycles. The predicted octanol–water partition coefficient (Wildman–Crippen LogP) is 5.43. The number of hydrogen-bond acceptors (Lipinski definition) is 10. The summed E-state index contributed by atoms with van der Waals surface area (Å²) in [5.41, 5.74) is 3.25. The van der Waals surface area contributed by atoms with Crippen LogP contribution in [-0.4, -0.2) is 9.73 Å². The van der Waals surface area contributed by atoms with Gasteiger partial charge in [-0.15, -0.1) is 22.7 Å². The molecular weight excluding hydrogens is 577 g/mol. The number of nitrogens with zero attached hydrogens (tertiary/aromatic N) is 4. The Kier molecular flexibility index (Phi) is 7.11. The minimum Gasteiger partial charge on any atom is -0.288 e. The molecule has 0 spiro atoms. The van der Waals surface area contributed by atoms with Gasteiger partial charge in [-0.25, -0.2) is 0 Å². The molecule has 0 unspecified atom stereocenters. The molecule has 6 rings (SSSR count). The Morgan fingerprint density at radius 3 is 1.55 bits per heavy atom. The first-order valence-corrected chi connectivity index (χ1v) is 13.8. The summed E-state index contributed by atoms with van der Waals surface area (Å²) >= 11 is 12.8. The zero-order chi connectivity index (χ0) is 28.6. The van der Waals surface area contributed by atoms with E-state index < -0.39 is 0 Å². The van der Waals surface area contributed by atoms with E-state index in [1.807, 2.05) is 42.5 Å². The molecule has 0 amide bonds. The number of hydrogen-bond donors (Lipinski definition) is 0. The van der Waals surface area contributed by atoms with E-state index in [2.05, 4.69) is 6.07 Å². The first-order valence-electron chi connectivity index (χ1n) is 11.3. The molecule has 1 aliphatic heterocycles. The SMILES string of the molecule is N#Cc1ccc2c(c1C#N)C(=S)c1ccccc1C2=S.N#Cc1sc2c(=O)c3ccccc3c(=O)c=2sc1C#N. The fraction of sp³-hybridized carbons (Fsp3) is 0. The molecule has 186 valence electrons. The molecule has 3 aromatic carbocycles. The van der Waals surface area contributed by atoms with Gasteiger partial charge < -0.3 is 0 Å². The van der Waals surface area contributed by atoms with Crippen LogP contribution < -0.4 is 10.9 Å². The van der Waals surface area contributed by atoms with Crippen molar-refractivity contribution in [2.24, 2.45) is 0 Å². The highest BCUT2D eigenvalue weighted by Crippen LogP contribution is 2.32. The topological polar surface area (TPSA) is 129 Å². The molecule has 0 saturated carbocycles. The molecule has 2 aliphatic carbocycles. The second-order valence-corrected chi connectivity index (χ2v) is 11.1. The van der Waals surface area contributed by atoms with Gasteiger partial charge in [0.05, 0.1) is 29.9 Å². The van der Waals surface area contributed by atoms with Crippen LogP contribution in [0.5, 0.6) is 0 Å². The van der Waals surface area contributed by atoms with E-state index in [9.17, 15) is 14.9 Å². The molecule has 0 bridgehead atoms. The van der Waals surface area contributed by atoms with E-state index in [-0.39, 0.29) is 29.7 Å². The second-order valence-electron chi connectivity index (χ2n) is 8.29. The number of thiocarbonyl (C=S) groups is 2. The van der Waals surface area contributed by atoms with Crippen LogP contribution in [0.4, 0.5) is 0 Å². The first kappa shape index (κ1) is 26.7. The minimum atomic E-state index is -0.266. The van der Waals surface area contributed by atoms with Crippen molar-refractivity contribution in [3.05, 3.63) is 133 Å². The highest BCUT2D eigenvalue weighted by molar-refractivity contribution is 7.82. The van der Waals surface area contributed by atoms with E-state index in [4.69, 9.17) is 40.2 Å². The Balaban J connectivity index is 0.000000161. The van der Waals surface area contributed by atoms with Crippen LogP contribution in [0.1, 0.15) is 43.1 Å². The lowest BCUT2D eigenvalue weighted by Gasteiger charge is -2.22. The van der Waals surface area contributed by atoms with Gasteiger partial charge in [0.15, 0.2) is 0 Å². The summed E-state index contributed by atoms with van der Waals surface area (Å²) in [6, 6.07) is 25.5. The zero-order valence-electron chi connectivity index (χ0n) is 20.0. The van der Waals surface area contributed by atoms with Crippen LogP contribution in [0.3, 0.4) is 0 Å². The standard InChI is InChI=1S/C16H6N2S2.C14H4N2O2S2/c17-7-9-5-6-12-14(13(9)8-18)16(20)11-4-2-1-3-10(11)15(12)19;15-5-9-10(6-16)20-14-12(18)8-4-2-1-3-7(8)11(17)13(14)19-9/h1-6H;1-4H. The van der Waals surface area contributed by atoms with Gasteiger partial charge in [0.1, 0.15) is 34.0 Å². The zero-order valence-corrected chi connectivity index (χ0v) is 23.3. The molecule has 0 radical (unpaired) electrons. The van der Waals surface area contributed by atoms with Crippen LogP contribution in [0.25, 0.3) is 10.8 Å². The number of fused-ring (bicyclic) bond motifs is 3. The van der Waals surface area contributed by atoms with E-state index in [1.165, 1.54) is 0 Å². The van der Waals surface area contributed by atoms with Gasteiger partial charge in [-0.1, -0.05) is 79.0 Å². The third-order valence-corrected chi connectivity index (χ3v) is 9.49. The molecule has 40 heavy (non-hydrogen) atoms. The molecule has 6 nitrogen and oxygen atoms in total. The molecule has 1 heterocycles. The molecule has 3 aromatic rings. The van der Waals surface area contributed by atoms with Gasteiger partial charge in [0.25, 0.3) is 0 Å². The lowest BCUT2D eigenvalue weighted by molar-refractivity contribution is 1.40. The number of rotatable bonds is 0. The summed E-state index contributed by atoms with van der Waals surface area (Å²) in [5.74, 6) is 0. The molecule has 0 fully saturated rings. The Morgan fingerprint density at radius 2 is 1.07 bits per heavy atom. The maximum Gasteiger partial charge on any atom is 0.205 e. The Labute approximate surface area is 245 Å². The Morgan fingerprint density at radius 1 is 0.575 bits per heavy atom. The van der Waals surface area contributed by atoms with Crippen LogP contribution in [-0.2, 0) is 0 Å². The van der Waals surface area contributed by atoms with Crippen molar-refractivity contribution in [2.75, 3.05) is 0 Å². The number of nitriles is 4. The molecule has 0 N–H and O–H groups in total. The lowest BCUT2D eigenvalue weighted by atomic mass is 9.82. The van der Waals surface area contributed by atoms with Crippen molar-refractivity contribution in [3.8, 4) is 24.3 Å². The van der Waals surface area contributed by atoms with Crippen molar-refractivity contribution in [2.45, 2.75) is 0 Å². The minimum absolute atomic E-state index is 0.164. The van der Waals surface area contributed by atoms with Crippen molar-refractivity contribution >= 4 is 67.6 Å². The van der Waals surface area contributed by atoms with Crippen molar-refractivity contribution in [1.29, 1.82) is 21.0 Å². The van der Waals surface area contributed by atoms with Crippen LogP contribution in [0.15, 0.2) is 70.3 Å². The average Bonchev–Trinajstić information content (AvgIpc) is 3.01. The van der Waals surface area contributed by atoms with Gasteiger partial charge in [0, 0.05) is 33.0 Å². The fourth-order valence-corrected chi connectivity index (χ4v) is 7.15. The summed E-state index contributed by atoms with van der Waals surface area (Å²) in [7, 11) is 0. The van der Waals surface area contributed by atoms with Gasteiger partial charge in [-0.3, -0.25) is 9.59 Å². The average molecular weight is 587 g/mol. The molecule has 10 heteroatoms. The predicted molar refractivity (Wildman–Crippen MR) is 161 cm³/mol. The van der Waals surface area contributed by atoms with Crippen LogP contribution in [0, 0.1) is 54.4 Å². The normalized spacial score (nSPS) is 11.2. The molecule has 0 atom stereocenters. The molecular formula is C30H10N4O2S4. The summed E-state index contributed by atoms with van der Waals surface area (Å²) < 4.78 is 0.489. The van der Waals surface area contributed by atoms with E-state index in [1.54, 1.807) is 36.4 Å². The van der Waals surface area contributed by atoms with E-state index in [0.717, 1.165) is 39.4 Å². The third kappa shape index (κ3) is 4.19. The van der Waals surface area contributed by atoms with E-state index in [0.29, 0.717) is 37.2 Å². The van der Waals surface area contributed by atoms with Crippen LogP contribution >= 0.6 is 47.1 Å². The Hall–Kier alpha value is -4.94. The largest absolute Gasteiger partial charge is 0.288 e. The first-order chi connectivity index (χ1) is 19.4. The molecule has 3 aliphatic rings. The maximum absolute atomic E-state index is 12.4. The van der Waals surface area contributed by atoms with Crippen molar-refractivity contribution in [1.82, 2.24) is 0 Å². The second kappa shape index (κ2) is 10.7. The summed E-state index contributed by atoms with van der Waals surface area (Å²) in [6.07, 6.45) is 0. The van der Waals surface area contributed by atoms with Gasteiger partial charge in [0.2, 0.25) is 10.9 Å². The third-order valence-electron chi connectivity index (χ3n) is 6.18. The highest BCUT2D eigenvalue weighted by Gasteiger charge is 2.27. The fourth-order valence-electron chi connectivity index (χ4n) is 4.36. The monoisotopic (exact) mass is 586 g/mol. The van der Waals surface area contributed by atoms with E-state index >= 15 is 0 Å². The van der Waals surface area contributed by atoms with Crippen LogP contribution in [0.2, 0.25) is 0 Å². The quantitative estimate of drug-likeness (QED) is 0.216. The number of benzene rings is 3. The van der Waals surface area contributed by atoms with Gasteiger partial charge in [-0.05, 0) is 6.07 Å². The highest BCUT2D eigenvalue weighted by atomic mass is 32.1. The van der Waals surface area contributed by atoms with Crippen molar-refractivity contribution < 1.29 is 0 Å². The maximum atomic E-state index is 12.4. The summed E-state index contributed by atoms with van der Waals surface area (Å²) in [4.78, 5) is 26.4.